The maximum Gasteiger partial charge on any atom is 0.245 e. The van der Waals surface area contributed by atoms with Gasteiger partial charge in [0.2, 0.25) is 17.6 Å². The quantitative estimate of drug-likeness (QED) is 0.284. The van der Waals surface area contributed by atoms with Gasteiger partial charge in [0.25, 0.3) is 0 Å². The monoisotopic (exact) mass is 511 g/mol. The highest BCUT2D eigenvalue weighted by Crippen LogP contribution is 2.29. The van der Waals surface area contributed by atoms with Crippen molar-refractivity contribution in [3.63, 3.8) is 0 Å². The van der Waals surface area contributed by atoms with Crippen molar-refractivity contribution in [3.05, 3.63) is 90.0 Å². The molecule has 1 unspecified atom stereocenters. The number of aryl methyl sites for hydroxylation is 1. The van der Waals surface area contributed by atoms with E-state index in [1.165, 1.54) is 0 Å². The second kappa shape index (κ2) is 12.7. The third-order valence-corrected chi connectivity index (χ3v) is 6.55. The number of H-pyrrole nitrogens is 1. The Bertz CT molecular complexity index is 1320. The summed E-state index contributed by atoms with van der Waals surface area (Å²) >= 11 is 0. The molecule has 9 nitrogen and oxygen atoms in total. The van der Waals surface area contributed by atoms with Crippen molar-refractivity contribution in [2.45, 2.75) is 32.4 Å². The number of carbonyl (C=O) groups is 2. The van der Waals surface area contributed by atoms with Gasteiger partial charge in [-0.1, -0.05) is 85.8 Å². The van der Waals surface area contributed by atoms with Gasteiger partial charge in [0.15, 0.2) is 0 Å². The fourth-order valence-electron chi connectivity index (χ4n) is 4.25. The summed E-state index contributed by atoms with van der Waals surface area (Å²) in [5, 5.41) is 17.3. The number of aromatic nitrogens is 4. The molecule has 1 heterocycles. The van der Waals surface area contributed by atoms with E-state index in [1.54, 1.807) is 18.9 Å². The predicted molar refractivity (Wildman–Crippen MR) is 146 cm³/mol. The number of nitrogens with two attached hydrogens (primary N) is 1. The van der Waals surface area contributed by atoms with E-state index >= 15 is 0 Å². The van der Waals surface area contributed by atoms with Crippen molar-refractivity contribution in [2.75, 3.05) is 13.6 Å². The van der Waals surface area contributed by atoms with Crippen LogP contribution in [0.15, 0.2) is 78.9 Å². The molecular formula is C29H33N7O2. The summed E-state index contributed by atoms with van der Waals surface area (Å²) in [5.74, 6) is -0.181. The fraction of sp³-hybridized carbons (Fsp3) is 0.276. The van der Waals surface area contributed by atoms with Gasteiger partial charge in [0, 0.05) is 31.6 Å². The molecule has 0 aliphatic rings. The molecule has 196 valence electrons. The van der Waals surface area contributed by atoms with E-state index in [0.29, 0.717) is 25.2 Å². The molecule has 0 bridgehead atoms. The van der Waals surface area contributed by atoms with Crippen LogP contribution < -0.4 is 11.1 Å². The third-order valence-electron chi connectivity index (χ3n) is 6.55. The highest BCUT2D eigenvalue weighted by Gasteiger charge is 2.25. The number of hydrogen-bond acceptors (Lipinski definition) is 6. The smallest absolute Gasteiger partial charge is 0.245 e. The Labute approximate surface area is 222 Å². The molecule has 9 heteroatoms. The van der Waals surface area contributed by atoms with Gasteiger partial charge in [-0.15, -0.1) is 10.2 Å². The Hall–Kier alpha value is -4.37. The van der Waals surface area contributed by atoms with Gasteiger partial charge in [0.1, 0.15) is 6.04 Å². The van der Waals surface area contributed by atoms with Gasteiger partial charge in [-0.05, 0) is 40.3 Å². The molecule has 0 radical (unpaired) electrons. The van der Waals surface area contributed by atoms with Crippen LogP contribution in [-0.2, 0) is 22.6 Å². The van der Waals surface area contributed by atoms with Crippen LogP contribution in [0.5, 0.6) is 0 Å². The first kappa shape index (κ1) is 26.7. The SMILES string of the molecule is CC(CN)C(=O)N[C@H](CCc1ccccc1)C(=O)N(C)Cc1ccc(-c2ccccc2-c2nn[nH]n2)cc1. The fourth-order valence-corrected chi connectivity index (χ4v) is 4.25. The van der Waals surface area contributed by atoms with Crippen molar-refractivity contribution in [3.8, 4) is 22.5 Å². The van der Waals surface area contributed by atoms with E-state index in [0.717, 1.165) is 27.8 Å². The van der Waals surface area contributed by atoms with E-state index in [2.05, 4.69) is 25.9 Å². The number of benzene rings is 3. The third kappa shape index (κ3) is 6.68. The lowest BCUT2D eigenvalue weighted by molar-refractivity contribution is -0.136. The molecule has 4 N–H and O–H groups in total. The first-order chi connectivity index (χ1) is 18.5. The molecule has 38 heavy (non-hydrogen) atoms. The molecule has 0 saturated heterocycles. The van der Waals surface area contributed by atoms with Crippen LogP contribution in [0, 0.1) is 5.92 Å². The van der Waals surface area contributed by atoms with Gasteiger partial charge in [0.05, 0.1) is 0 Å². The van der Waals surface area contributed by atoms with E-state index in [4.69, 9.17) is 5.73 Å². The normalized spacial score (nSPS) is 12.5. The first-order valence-electron chi connectivity index (χ1n) is 12.7. The number of aromatic amines is 1. The van der Waals surface area contributed by atoms with Gasteiger partial charge >= 0.3 is 0 Å². The highest BCUT2D eigenvalue weighted by atomic mass is 16.2. The lowest BCUT2D eigenvalue weighted by atomic mass is 9.98. The van der Waals surface area contributed by atoms with Gasteiger partial charge in [-0.2, -0.15) is 5.21 Å². The van der Waals surface area contributed by atoms with Crippen LogP contribution in [0.4, 0.5) is 0 Å². The average Bonchev–Trinajstić information content (AvgIpc) is 3.50. The van der Waals surface area contributed by atoms with Crippen LogP contribution in [0.1, 0.15) is 24.5 Å². The Morgan fingerprint density at radius 3 is 2.29 bits per heavy atom. The van der Waals surface area contributed by atoms with Crippen LogP contribution in [0.25, 0.3) is 22.5 Å². The molecule has 0 aliphatic carbocycles. The zero-order chi connectivity index (χ0) is 26.9. The summed E-state index contributed by atoms with van der Waals surface area (Å²) in [7, 11) is 1.76. The molecule has 3 aromatic carbocycles. The second-order valence-corrected chi connectivity index (χ2v) is 9.39. The maximum atomic E-state index is 13.4. The molecule has 4 rings (SSSR count). The van der Waals surface area contributed by atoms with E-state index in [-0.39, 0.29) is 24.3 Å². The molecule has 0 saturated carbocycles. The number of hydrogen-bond donors (Lipinski definition) is 3. The lowest BCUT2D eigenvalue weighted by Crippen LogP contribution is -2.49. The number of rotatable bonds is 11. The Morgan fingerprint density at radius 2 is 1.63 bits per heavy atom. The van der Waals surface area contributed by atoms with Crippen LogP contribution >= 0.6 is 0 Å². The zero-order valence-corrected chi connectivity index (χ0v) is 21.7. The lowest BCUT2D eigenvalue weighted by Gasteiger charge is -2.26. The van der Waals surface area contributed by atoms with Gasteiger partial charge < -0.3 is 16.0 Å². The number of likely N-dealkylation sites (N-methyl/N-ethyl adjacent to an activating group) is 1. The summed E-state index contributed by atoms with van der Waals surface area (Å²) in [6.45, 7) is 2.40. The van der Waals surface area contributed by atoms with Crippen LogP contribution in [-0.4, -0.2) is 57.0 Å². The summed E-state index contributed by atoms with van der Waals surface area (Å²) in [6, 6.07) is 25.2. The Kier molecular flexibility index (Phi) is 8.94. The van der Waals surface area contributed by atoms with E-state index in [9.17, 15) is 9.59 Å². The Morgan fingerprint density at radius 1 is 0.947 bits per heavy atom. The second-order valence-electron chi connectivity index (χ2n) is 9.39. The summed E-state index contributed by atoms with van der Waals surface area (Å²) < 4.78 is 0. The number of nitrogens with zero attached hydrogens (tertiary/aromatic N) is 4. The molecule has 2 atom stereocenters. The van der Waals surface area contributed by atoms with Crippen LogP contribution in [0.2, 0.25) is 0 Å². The minimum Gasteiger partial charge on any atom is -0.344 e. The van der Waals surface area contributed by atoms with Crippen molar-refractivity contribution in [1.29, 1.82) is 0 Å². The summed E-state index contributed by atoms with van der Waals surface area (Å²) in [5.41, 5.74) is 10.6. The minimum atomic E-state index is -0.636. The Balaban J connectivity index is 1.46. The number of nitrogens with one attached hydrogen (secondary N) is 2. The predicted octanol–water partition coefficient (Wildman–Crippen LogP) is 3.20. The minimum absolute atomic E-state index is 0.134. The van der Waals surface area contributed by atoms with Crippen molar-refractivity contribution < 1.29 is 9.59 Å². The molecule has 2 amide bonds. The molecule has 4 aromatic rings. The van der Waals surface area contributed by atoms with E-state index in [1.807, 2.05) is 78.9 Å². The van der Waals surface area contributed by atoms with Crippen molar-refractivity contribution in [2.24, 2.45) is 11.7 Å². The number of tetrazole rings is 1. The van der Waals surface area contributed by atoms with E-state index < -0.39 is 6.04 Å². The molecule has 0 aliphatic heterocycles. The van der Waals surface area contributed by atoms with Gasteiger partial charge in [-0.25, -0.2) is 0 Å². The largest absolute Gasteiger partial charge is 0.344 e. The molecular weight excluding hydrogens is 478 g/mol. The van der Waals surface area contributed by atoms with Crippen LogP contribution in [0.3, 0.4) is 0 Å². The summed E-state index contributed by atoms with van der Waals surface area (Å²) in [6.07, 6.45) is 1.18. The molecule has 1 aromatic heterocycles. The topological polar surface area (TPSA) is 130 Å². The van der Waals surface area contributed by atoms with Crippen molar-refractivity contribution >= 4 is 11.8 Å². The number of amides is 2. The molecule has 0 spiro atoms. The zero-order valence-electron chi connectivity index (χ0n) is 21.7. The van der Waals surface area contributed by atoms with Gasteiger partial charge in [-0.3, -0.25) is 9.59 Å². The standard InChI is InChI=1S/C29H33N7O2/c1-20(18-30)28(37)31-26(17-14-21-8-4-3-5-9-21)29(38)36(2)19-22-12-15-23(16-13-22)24-10-6-7-11-25(24)27-32-34-35-33-27/h3-13,15-16,20,26H,14,17-19,30H2,1-2H3,(H,31,37)(H,32,33,34,35)/t20?,26-/m1/s1. The highest BCUT2D eigenvalue weighted by molar-refractivity contribution is 5.88. The average molecular weight is 512 g/mol. The number of carbonyl (C=O) groups excluding carboxylic acids is 2. The molecule has 0 fully saturated rings. The first-order valence-corrected chi connectivity index (χ1v) is 12.7. The maximum absolute atomic E-state index is 13.4. The summed E-state index contributed by atoms with van der Waals surface area (Å²) in [4.78, 5) is 27.7. The van der Waals surface area contributed by atoms with Crippen molar-refractivity contribution in [1.82, 2.24) is 30.8 Å².